The van der Waals surface area contributed by atoms with Crippen LogP contribution in [0.25, 0.3) is 0 Å². The van der Waals surface area contributed by atoms with Crippen molar-refractivity contribution < 1.29 is 66.9 Å². The molecule has 21 nitrogen and oxygen atoms in total. The summed E-state index contributed by atoms with van der Waals surface area (Å²) in [4.78, 5) is 177. The molecule has 460 valence electrons. The van der Waals surface area contributed by atoms with Crippen molar-refractivity contribution in [1.29, 1.82) is 0 Å². The highest BCUT2D eigenvalue weighted by atomic mass is 31.2. The number of amides is 4. The third kappa shape index (κ3) is 32.9. The van der Waals surface area contributed by atoms with Crippen LogP contribution in [-0.4, -0.2) is 190 Å². The van der Waals surface area contributed by atoms with E-state index in [2.05, 4.69) is 5.09 Å². The first-order chi connectivity index (χ1) is 38.5. The topological polar surface area (TPSA) is 270 Å². The molecule has 0 aromatic carbocycles. The summed E-state index contributed by atoms with van der Waals surface area (Å²) in [6.45, 7) is 14.0. The Balaban J connectivity index is 8.29. The van der Waals surface area contributed by atoms with E-state index < -0.39 is 31.2 Å². The Kier molecular flexibility index (Phi) is 41.5. The fourth-order valence-corrected chi connectivity index (χ4v) is 11.1. The van der Waals surface area contributed by atoms with Gasteiger partial charge in [-0.2, -0.15) is 0 Å². The average molecular weight is 1160 g/mol. The molecule has 0 aromatic rings. The first-order valence-electron chi connectivity index (χ1n) is 29.8. The Labute approximate surface area is 483 Å². The van der Waals surface area contributed by atoms with Gasteiger partial charge in [-0.15, -0.1) is 0 Å². The van der Waals surface area contributed by atoms with Crippen LogP contribution in [0.2, 0.25) is 0 Å². The molecule has 0 rings (SSSR count). The van der Waals surface area contributed by atoms with Gasteiger partial charge in [0.15, 0.2) is 5.78 Å². The molecule has 0 saturated heterocycles. The van der Waals surface area contributed by atoms with Crippen molar-refractivity contribution in [3.63, 3.8) is 0 Å². The van der Waals surface area contributed by atoms with E-state index in [1.54, 1.807) is 68.4 Å². The van der Waals surface area contributed by atoms with Crippen molar-refractivity contribution in [2.45, 2.75) is 204 Å². The Morgan fingerprint density at radius 2 is 0.531 bits per heavy atom. The number of carbonyl (C=O) groups is 13. The van der Waals surface area contributed by atoms with E-state index in [1.165, 1.54) is 35.0 Å². The molecule has 1 N–H and O–H groups in total. The van der Waals surface area contributed by atoms with Crippen LogP contribution in [0.15, 0.2) is 12.2 Å². The highest BCUT2D eigenvalue weighted by Crippen LogP contribution is 2.50. The van der Waals surface area contributed by atoms with Crippen LogP contribution in [-0.2, 0) is 66.9 Å². The number of hydrogen-bond acceptors (Lipinski definition) is 14. The van der Waals surface area contributed by atoms with Crippen LogP contribution in [0.3, 0.4) is 0 Å². The zero-order valence-electron chi connectivity index (χ0n) is 50.7. The Hall–Kier alpha value is -5.24. The highest BCUT2D eigenvalue weighted by molar-refractivity contribution is 7.57. The minimum Gasteiger partial charge on any atom is -0.342 e. The fraction of sp³-hybridized carbons (Fsp3) is 0.746. The molecule has 22 heteroatoms. The van der Waals surface area contributed by atoms with Crippen molar-refractivity contribution in [1.82, 2.24) is 34.0 Å². The molecule has 0 aliphatic rings. The van der Waals surface area contributed by atoms with Gasteiger partial charge >= 0.3 is 0 Å². The van der Waals surface area contributed by atoms with Gasteiger partial charge in [0.05, 0.1) is 0 Å². The number of nitrogens with one attached hydrogen (secondary N) is 1. The largest absolute Gasteiger partial charge is 0.342 e. The van der Waals surface area contributed by atoms with Gasteiger partial charge in [0.2, 0.25) is 23.6 Å². The normalized spacial score (nSPS) is 11.4. The number of nitrogens with zero attached hydrogens (tertiary/aromatic N) is 6. The van der Waals surface area contributed by atoms with E-state index in [4.69, 9.17) is 0 Å². The van der Waals surface area contributed by atoms with Gasteiger partial charge in [-0.3, -0.25) is 66.9 Å². The molecule has 0 spiro atoms. The summed E-state index contributed by atoms with van der Waals surface area (Å²) < 4.78 is 19.6. The number of allylic oxidation sites excluding steroid dienone is 2. The maximum absolute atomic E-state index is 16.7. The molecular weight excluding hydrogens is 1060 g/mol. The minimum absolute atomic E-state index is 0.00378. The van der Waals surface area contributed by atoms with Crippen molar-refractivity contribution >= 4 is 83.3 Å². The third-order valence-corrected chi connectivity index (χ3v) is 17.2. The summed E-state index contributed by atoms with van der Waals surface area (Å²) in [6, 6.07) is 0. The molecule has 4 amide bonds. The molecule has 0 unspecified atom stereocenters. The average Bonchev–Trinajstić information content (AvgIpc) is 3.49. The second kappa shape index (κ2) is 44.4. The van der Waals surface area contributed by atoms with Gasteiger partial charge in [-0.25, -0.2) is 14.4 Å². The molecule has 0 aromatic heterocycles. The van der Waals surface area contributed by atoms with Crippen LogP contribution in [0.5, 0.6) is 0 Å². The maximum atomic E-state index is 16.7. The number of hydrogen-bond donors (Lipinski definition) is 1. The molecule has 0 saturated carbocycles. The van der Waals surface area contributed by atoms with Gasteiger partial charge in [-0.1, -0.05) is 61.5 Å². The van der Waals surface area contributed by atoms with Crippen LogP contribution in [0, 0.1) is 0 Å². The predicted octanol–water partition coefficient (Wildman–Crippen LogP) is 7.04. The predicted molar refractivity (Wildman–Crippen MR) is 312 cm³/mol. The van der Waals surface area contributed by atoms with Crippen molar-refractivity contribution in [3.8, 4) is 0 Å². The molecule has 0 aliphatic heterocycles. The van der Waals surface area contributed by atoms with Gasteiger partial charge in [-0.05, 0) is 19.4 Å². The van der Waals surface area contributed by atoms with Crippen molar-refractivity contribution in [3.05, 3.63) is 12.2 Å². The van der Waals surface area contributed by atoms with Gasteiger partial charge < -0.3 is 19.6 Å². The number of ketones is 9. The molecule has 0 heterocycles. The summed E-state index contributed by atoms with van der Waals surface area (Å²) >= 11 is 0. The minimum atomic E-state index is -4.48. The molecule has 81 heavy (non-hydrogen) atoms. The number of Topliss-reactive ketones (excluding diaryl/α,β-unsaturated/α-hetero) is 8. The molecule has 0 radical (unpaired) electrons. The molecular formula is C59H100N7O14P. The lowest BCUT2D eigenvalue weighted by Gasteiger charge is -2.40. The molecule has 0 atom stereocenters. The monoisotopic (exact) mass is 1160 g/mol. The van der Waals surface area contributed by atoms with E-state index in [9.17, 15) is 62.3 Å². The first-order valence-corrected chi connectivity index (χ1v) is 31.4. The zero-order chi connectivity index (χ0) is 61.3. The number of carbonyl (C=O) groups excluding carboxylic acids is 13. The maximum Gasteiger partial charge on any atom is 0.284 e. The second-order valence-corrected chi connectivity index (χ2v) is 22.6. The summed E-state index contributed by atoms with van der Waals surface area (Å²) in [5.41, 5.74) is 0. The van der Waals surface area contributed by atoms with E-state index >= 15 is 4.57 Å². The van der Waals surface area contributed by atoms with E-state index in [0.717, 1.165) is 0 Å². The van der Waals surface area contributed by atoms with E-state index in [-0.39, 0.29) is 278 Å². The van der Waals surface area contributed by atoms with Gasteiger partial charge in [0, 0.05) is 220 Å². The summed E-state index contributed by atoms with van der Waals surface area (Å²) in [5, 5.41) is 3.16. The van der Waals surface area contributed by atoms with Crippen LogP contribution >= 0.6 is 7.59 Å². The second-order valence-electron chi connectivity index (χ2n) is 20.1. The van der Waals surface area contributed by atoms with Crippen molar-refractivity contribution in [2.75, 3.05) is 85.1 Å². The van der Waals surface area contributed by atoms with Gasteiger partial charge in [0.1, 0.15) is 46.3 Å². The van der Waals surface area contributed by atoms with Gasteiger partial charge in [0.25, 0.3) is 7.59 Å². The summed E-state index contributed by atoms with van der Waals surface area (Å²) in [5.74, 6) is -3.05. The third-order valence-electron chi connectivity index (χ3n) is 14.2. The number of rotatable bonds is 52. The summed E-state index contributed by atoms with van der Waals surface area (Å²) in [7, 11) is -4.48. The molecule has 0 bridgehead atoms. The first kappa shape index (κ1) is 75.8. The van der Waals surface area contributed by atoms with E-state index in [0.29, 0.717) is 0 Å². The lowest BCUT2D eigenvalue weighted by atomic mass is 10.1. The SMILES string of the molecule is CC=CC(=O)CCCNP(=O)(N(CCC(=O)N(CCC(=O)CC)CCC(=O)CC)CCC(=O)N(CCC(=O)CC)CCC(=O)CC)N(CCC(=O)N(CCC(=O)CC)CCC(=O)CC)CCC(=O)N(CCC(=O)CC)CCC(=O)CC. The summed E-state index contributed by atoms with van der Waals surface area (Å²) in [6.07, 6.45) is 3.72. The lowest BCUT2D eigenvalue weighted by molar-refractivity contribution is -0.134. The Morgan fingerprint density at radius 3 is 0.716 bits per heavy atom. The fourth-order valence-electron chi connectivity index (χ4n) is 8.37. The molecule has 0 aliphatic carbocycles. The molecule has 0 fully saturated rings. The Morgan fingerprint density at radius 1 is 0.321 bits per heavy atom. The Bertz CT molecular complexity index is 1820. The van der Waals surface area contributed by atoms with Crippen molar-refractivity contribution in [2.24, 2.45) is 0 Å². The highest BCUT2D eigenvalue weighted by Gasteiger charge is 2.39. The zero-order valence-corrected chi connectivity index (χ0v) is 51.6. The smallest absolute Gasteiger partial charge is 0.284 e. The van der Waals surface area contributed by atoms with Crippen LogP contribution in [0.1, 0.15) is 204 Å². The lowest BCUT2D eigenvalue weighted by Crippen LogP contribution is -2.45. The van der Waals surface area contributed by atoms with Crippen LogP contribution < -0.4 is 5.09 Å². The van der Waals surface area contributed by atoms with Crippen LogP contribution in [0.4, 0.5) is 0 Å². The van der Waals surface area contributed by atoms with E-state index in [1.807, 2.05) is 0 Å². The standard InChI is InChI=1S/C59H100N7O14P/c1-10-20-55(75)21-19-34-60-81(80,65(43-30-56(76)61(35-22-47(67)11-2)36-23-48(68)12-3)44-31-57(77)62(37-24-49(69)13-4)38-25-50(70)14-5)66(45-32-58(78)63(39-26-51(71)15-6)40-27-52(72)16-7)46-33-59(79)64(41-28-53(73)17-8)42-29-54(74)18-9/h10,20H,11-19,21-46H2,1-9H3,(H,60,80). The quantitative estimate of drug-likeness (QED) is 0.0363.